The highest BCUT2D eigenvalue weighted by Gasteiger charge is 2.15. The van der Waals surface area contributed by atoms with Gasteiger partial charge in [-0.25, -0.2) is 9.37 Å². The van der Waals surface area contributed by atoms with Crippen molar-refractivity contribution in [2.45, 2.75) is 20.4 Å². The van der Waals surface area contributed by atoms with E-state index < -0.39 is 11.7 Å². The number of hydrogen-bond acceptors (Lipinski definition) is 4. The standard InChI is InChI=1S/C22H18FN3O2S/c1-13-7-8-15(9-14(13)2)16-11-29-21-20(16)22(28)26(12-24-21)10-19(27)25-18-6-4-3-5-17(18)23/h3-9,11-12H,10H2,1-2H3,(H,25,27). The smallest absolute Gasteiger partial charge is 0.263 e. The third-order valence-electron chi connectivity index (χ3n) is 4.84. The van der Waals surface area contributed by atoms with E-state index in [2.05, 4.69) is 10.3 Å². The fourth-order valence-electron chi connectivity index (χ4n) is 3.11. The average molecular weight is 407 g/mol. The van der Waals surface area contributed by atoms with Crippen molar-refractivity contribution in [1.82, 2.24) is 9.55 Å². The number of halogens is 1. The van der Waals surface area contributed by atoms with E-state index in [0.717, 1.165) is 16.7 Å². The van der Waals surface area contributed by atoms with E-state index in [9.17, 15) is 14.0 Å². The zero-order chi connectivity index (χ0) is 20.5. The summed E-state index contributed by atoms with van der Waals surface area (Å²) in [6.45, 7) is 3.81. The van der Waals surface area contributed by atoms with Gasteiger partial charge in [-0.1, -0.05) is 30.3 Å². The number of amides is 1. The van der Waals surface area contributed by atoms with Crippen molar-refractivity contribution in [3.05, 3.63) is 81.5 Å². The van der Waals surface area contributed by atoms with Crippen LogP contribution in [0.25, 0.3) is 21.3 Å². The molecule has 2 heterocycles. The molecule has 0 saturated carbocycles. The maximum absolute atomic E-state index is 13.7. The maximum atomic E-state index is 13.7. The highest BCUT2D eigenvalue weighted by molar-refractivity contribution is 7.17. The van der Waals surface area contributed by atoms with E-state index in [1.54, 1.807) is 6.07 Å². The summed E-state index contributed by atoms with van der Waals surface area (Å²) >= 11 is 1.39. The Morgan fingerprint density at radius 3 is 2.72 bits per heavy atom. The molecular formula is C22H18FN3O2S. The topological polar surface area (TPSA) is 64.0 Å². The van der Waals surface area contributed by atoms with Crippen molar-refractivity contribution in [3.63, 3.8) is 0 Å². The minimum absolute atomic E-state index is 0.0749. The molecule has 0 atom stereocenters. The summed E-state index contributed by atoms with van der Waals surface area (Å²) in [7, 11) is 0. The average Bonchev–Trinajstić information content (AvgIpc) is 3.13. The monoisotopic (exact) mass is 407 g/mol. The summed E-state index contributed by atoms with van der Waals surface area (Å²) in [6, 6.07) is 11.9. The lowest BCUT2D eigenvalue weighted by molar-refractivity contribution is -0.116. The predicted octanol–water partition coefficient (Wildman–Crippen LogP) is 4.52. The number of aromatic nitrogens is 2. The Hall–Kier alpha value is -3.32. The van der Waals surface area contributed by atoms with Crippen molar-refractivity contribution < 1.29 is 9.18 Å². The first kappa shape index (κ1) is 19.0. The zero-order valence-electron chi connectivity index (χ0n) is 15.9. The molecule has 29 heavy (non-hydrogen) atoms. The van der Waals surface area contributed by atoms with Crippen LogP contribution in [-0.2, 0) is 11.3 Å². The minimum atomic E-state index is -0.531. The summed E-state index contributed by atoms with van der Waals surface area (Å²) in [5, 5.41) is 4.88. The third-order valence-corrected chi connectivity index (χ3v) is 5.73. The first-order valence-electron chi connectivity index (χ1n) is 9.02. The Bertz CT molecular complexity index is 1290. The number of thiophene rings is 1. The molecule has 146 valence electrons. The van der Waals surface area contributed by atoms with E-state index in [0.29, 0.717) is 10.2 Å². The fraction of sp³-hybridized carbons (Fsp3) is 0.136. The Kier molecular flexibility index (Phi) is 4.98. The molecule has 0 aliphatic heterocycles. The number of hydrogen-bond donors (Lipinski definition) is 1. The van der Waals surface area contributed by atoms with Crippen LogP contribution in [0.3, 0.4) is 0 Å². The van der Waals surface area contributed by atoms with Gasteiger partial charge in [-0.2, -0.15) is 0 Å². The number of carbonyl (C=O) groups excluding carboxylic acids is 1. The molecule has 2 aromatic heterocycles. The molecule has 1 amide bonds. The van der Waals surface area contributed by atoms with Crippen LogP contribution in [0.4, 0.5) is 10.1 Å². The van der Waals surface area contributed by atoms with Crippen LogP contribution in [0.2, 0.25) is 0 Å². The molecule has 2 aromatic carbocycles. The predicted molar refractivity (Wildman–Crippen MR) is 114 cm³/mol. The van der Waals surface area contributed by atoms with Gasteiger partial charge in [-0.3, -0.25) is 14.2 Å². The number of fused-ring (bicyclic) bond motifs is 1. The van der Waals surface area contributed by atoms with Gasteiger partial charge in [0.05, 0.1) is 17.4 Å². The molecular weight excluding hydrogens is 389 g/mol. The Morgan fingerprint density at radius 1 is 1.17 bits per heavy atom. The van der Waals surface area contributed by atoms with Gasteiger partial charge >= 0.3 is 0 Å². The highest BCUT2D eigenvalue weighted by atomic mass is 32.1. The molecule has 5 nitrogen and oxygen atoms in total. The lowest BCUT2D eigenvalue weighted by Gasteiger charge is -2.09. The molecule has 0 saturated heterocycles. The van der Waals surface area contributed by atoms with Gasteiger partial charge in [-0.05, 0) is 42.7 Å². The zero-order valence-corrected chi connectivity index (χ0v) is 16.7. The Labute approximate surface area is 170 Å². The van der Waals surface area contributed by atoms with Gasteiger partial charge in [0, 0.05) is 10.9 Å². The number of nitrogens with zero attached hydrogens (tertiary/aromatic N) is 2. The van der Waals surface area contributed by atoms with E-state index in [1.807, 2.05) is 37.4 Å². The first-order valence-corrected chi connectivity index (χ1v) is 9.90. The van der Waals surface area contributed by atoms with Crippen LogP contribution in [-0.4, -0.2) is 15.5 Å². The van der Waals surface area contributed by atoms with Crippen molar-refractivity contribution >= 4 is 33.1 Å². The van der Waals surface area contributed by atoms with Gasteiger partial charge in [0.1, 0.15) is 17.2 Å². The second-order valence-electron chi connectivity index (χ2n) is 6.83. The number of para-hydroxylation sites is 1. The van der Waals surface area contributed by atoms with E-state index in [-0.39, 0.29) is 17.8 Å². The van der Waals surface area contributed by atoms with E-state index in [4.69, 9.17) is 0 Å². The second-order valence-corrected chi connectivity index (χ2v) is 7.69. The SMILES string of the molecule is Cc1ccc(-c2csc3ncn(CC(=O)Nc4ccccc4F)c(=O)c23)cc1C. The molecule has 0 aliphatic rings. The van der Waals surface area contributed by atoms with Crippen molar-refractivity contribution in [2.75, 3.05) is 5.32 Å². The summed E-state index contributed by atoms with van der Waals surface area (Å²) < 4.78 is 15.0. The number of carbonyl (C=O) groups is 1. The van der Waals surface area contributed by atoms with Crippen LogP contribution in [0, 0.1) is 19.7 Å². The van der Waals surface area contributed by atoms with Crippen LogP contribution in [0.15, 0.2) is 59.0 Å². The summed E-state index contributed by atoms with van der Waals surface area (Å²) in [4.78, 5) is 30.4. The maximum Gasteiger partial charge on any atom is 0.263 e. The number of aryl methyl sites for hydroxylation is 2. The third kappa shape index (κ3) is 3.69. The van der Waals surface area contributed by atoms with E-state index >= 15 is 0 Å². The van der Waals surface area contributed by atoms with Crippen LogP contribution in [0.1, 0.15) is 11.1 Å². The largest absolute Gasteiger partial charge is 0.322 e. The van der Waals surface area contributed by atoms with Crippen LogP contribution < -0.4 is 10.9 Å². The molecule has 4 aromatic rings. The number of benzene rings is 2. The minimum Gasteiger partial charge on any atom is -0.322 e. The molecule has 0 aliphatic carbocycles. The van der Waals surface area contributed by atoms with Crippen molar-refractivity contribution in [2.24, 2.45) is 0 Å². The Balaban J connectivity index is 1.69. The highest BCUT2D eigenvalue weighted by Crippen LogP contribution is 2.31. The van der Waals surface area contributed by atoms with Gasteiger partial charge < -0.3 is 5.32 Å². The summed E-state index contributed by atoms with van der Waals surface area (Å²) in [5.74, 6) is -1.03. The molecule has 0 radical (unpaired) electrons. The molecule has 0 bridgehead atoms. The Morgan fingerprint density at radius 2 is 1.97 bits per heavy atom. The normalized spacial score (nSPS) is 11.0. The van der Waals surface area contributed by atoms with Gasteiger partial charge in [0.25, 0.3) is 5.56 Å². The van der Waals surface area contributed by atoms with Crippen LogP contribution in [0.5, 0.6) is 0 Å². The van der Waals surface area contributed by atoms with Gasteiger partial charge in [0.2, 0.25) is 5.91 Å². The molecule has 4 rings (SSSR count). The number of rotatable bonds is 4. The van der Waals surface area contributed by atoms with Gasteiger partial charge in [-0.15, -0.1) is 11.3 Å². The molecule has 0 unspecified atom stereocenters. The number of anilines is 1. The van der Waals surface area contributed by atoms with Crippen molar-refractivity contribution in [1.29, 1.82) is 0 Å². The van der Waals surface area contributed by atoms with Crippen molar-refractivity contribution in [3.8, 4) is 11.1 Å². The second kappa shape index (κ2) is 7.60. The molecule has 0 fully saturated rings. The number of nitrogens with one attached hydrogen (secondary N) is 1. The van der Waals surface area contributed by atoms with E-state index in [1.165, 1.54) is 46.0 Å². The molecule has 0 spiro atoms. The summed E-state index contributed by atoms with van der Waals surface area (Å²) in [5.41, 5.74) is 3.82. The molecule has 1 N–H and O–H groups in total. The fourth-order valence-corrected chi connectivity index (χ4v) is 4.02. The molecule has 7 heteroatoms. The quantitative estimate of drug-likeness (QED) is 0.541. The lowest BCUT2D eigenvalue weighted by atomic mass is 10.0. The summed E-state index contributed by atoms with van der Waals surface area (Å²) in [6.07, 6.45) is 1.35. The van der Waals surface area contributed by atoms with Gasteiger partial charge in [0.15, 0.2) is 0 Å². The van der Waals surface area contributed by atoms with Crippen LogP contribution >= 0.6 is 11.3 Å². The lowest BCUT2D eigenvalue weighted by Crippen LogP contribution is -2.28. The first-order chi connectivity index (χ1) is 13.9.